The van der Waals surface area contributed by atoms with Gasteiger partial charge in [0.2, 0.25) is 0 Å². The fourth-order valence-corrected chi connectivity index (χ4v) is 8.67. The van der Waals surface area contributed by atoms with Gasteiger partial charge in [-0.1, -0.05) is 76.2 Å². The second kappa shape index (κ2) is 17.5. The van der Waals surface area contributed by atoms with E-state index in [1.807, 2.05) is 81.4 Å². The van der Waals surface area contributed by atoms with Crippen LogP contribution in [-0.4, -0.2) is 85.5 Å². The number of carboxylic acid groups (broad SMARTS) is 1. The first-order valence-electron chi connectivity index (χ1n) is 20.2. The van der Waals surface area contributed by atoms with E-state index in [-0.39, 0.29) is 35.0 Å². The van der Waals surface area contributed by atoms with Gasteiger partial charge >= 0.3 is 12.2 Å². The molecule has 1 fully saturated rings. The number of rotatable bonds is 10. The van der Waals surface area contributed by atoms with Crippen LogP contribution >= 0.6 is 0 Å². The van der Waals surface area contributed by atoms with E-state index in [0.29, 0.717) is 48.6 Å². The molecule has 0 radical (unpaired) electrons. The maximum absolute atomic E-state index is 14.6. The van der Waals surface area contributed by atoms with E-state index in [4.69, 9.17) is 18.9 Å². The summed E-state index contributed by atoms with van der Waals surface area (Å²) in [6, 6.07) is 18.1. The summed E-state index contributed by atoms with van der Waals surface area (Å²) in [4.78, 5) is 53.4. The van der Waals surface area contributed by atoms with Crippen LogP contribution in [0.1, 0.15) is 76.5 Å². The number of piperidine rings is 1. The van der Waals surface area contributed by atoms with Crippen LogP contribution in [0, 0.1) is 5.92 Å². The molecule has 6 rings (SSSR count). The van der Waals surface area contributed by atoms with Crippen LogP contribution in [0.4, 0.5) is 26.7 Å². The Labute approximate surface area is 348 Å². The standard InChI is InChI=1S/C45H58N6O7Si/c1-29-26-50(28-36(49-42(53)57-44(2,3)4)40(29)58-59(8,9)45(5,6)7)37-17-20-46-25-35(37)48-41(52)39-38(51(43(54)55)27-30-13-11-10-12-14-30)24-33-16-15-32(23-34(33)47-39)31-18-21-56-22-19-31/h10-18,20,23-25,29,36,40H,19,21-22,26-28H2,1-9H3,(H,48,52)(H,49,53)(H,54,55)/t29-,36+,40+/m0/s1. The molecule has 0 bridgehead atoms. The summed E-state index contributed by atoms with van der Waals surface area (Å²) in [6.07, 6.45) is 3.96. The zero-order valence-corrected chi connectivity index (χ0v) is 36.7. The van der Waals surface area contributed by atoms with Crippen LogP contribution in [0.25, 0.3) is 16.5 Å². The number of anilines is 3. The Kier molecular flexibility index (Phi) is 12.8. The first-order valence-corrected chi connectivity index (χ1v) is 23.1. The third kappa shape index (κ3) is 10.5. The quantitative estimate of drug-likeness (QED) is 0.132. The van der Waals surface area contributed by atoms with Crippen LogP contribution in [0.2, 0.25) is 18.1 Å². The number of hydrogen-bond donors (Lipinski definition) is 3. The number of nitrogens with zero attached hydrogens (tertiary/aromatic N) is 4. The predicted molar refractivity (Wildman–Crippen MR) is 235 cm³/mol. The number of pyridine rings is 2. The van der Waals surface area contributed by atoms with Gasteiger partial charge in [-0.15, -0.1) is 0 Å². The molecule has 3 N–H and O–H groups in total. The van der Waals surface area contributed by atoms with Crippen molar-refractivity contribution >= 4 is 59.9 Å². The van der Waals surface area contributed by atoms with E-state index < -0.39 is 38.1 Å². The van der Waals surface area contributed by atoms with Crippen LogP contribution in [0.3, 0.4) is 0 Å². The number of amides is 3. The topological polar surface area (TPSA) is 155 Å². The molecule has 0 unspecified atom stereocenters. The first kappa shape index (κ1) is 43.3. The van der Waals surface area contributed by atoms with E-state index in [0.717, 1.165) is 28.0 Å². The summed E-state index contributed by atoms with van der Waals surface area (Å²) in [5.41, 5.74) is 3.87. The molecule has 2 aliphatic rings. The number of benzene rings is 2. The highest BCUT2D eigenvalue weighted by atomic mass is 28.4. The average molecular weight is 823 g/mol. The Bertz CT molecular complexity index is 2200. The number of fused-ring (bicyclic) bond motifs is 1. The van der Waals surface area contributed by atoms with Gasteiger partial charge in [-0.25, -0.2) is 14.6 Å². The summed E-state index contributed by atoms with van der Waals surface area (Å²) in [5, 5.41) is 17.4. The largest absolute Gasteiger partial charge is 0.465 e. The Hall–Kier alpha value is -5.31. The first-order chi connectivity index (χ1) is 27.8. The SMILES string of the molecule is C[C@H]1CN(c2ccncc2NC(=O)c2nc3cc(C4=CCOCC4)ccc3cc2N(Cc2ccccc2)C(=O)O)C[C@@H](NC(=O)OC(C)(C)C)[C@@H]1O[Si](C)(C)C(C)(C)C. The van der Waals surface area contributed by atoms with E-state index in [1.54, 1.807) is 18.5 Å². The molecule has 59 heavy (non-hydrogen) atoms. The van der Waals surface area contributed by atoms with Crippen molar-refractivity contribution in [3.63, 3.8) is 0 Å². The Morgan fingerprint density at radius 1 is 1.02 bits per heavy atom. The lowest BCUT2D eigenvalue weighted by atomic mass is 9.92. The Morgan fingerprint density at radius 3 is 2.42 bits per heavy atom. The summed E-state index contributed by atoms with van der Waals surface area (Å²) >= 11 is 0. The average Bonchev–Trinajstić information content (AvgIpc) is 3.17. The number of nitrogens with one attached hydrogen (secondary N) is 2. The van der Waals surface area contributed by atoms with Crippen LogP contribution in [0.15, 0.2) is 79.1 Å². The third-order valence-corrected chi connectivity index (χ3v) is 15.7. The summed E-state index contributed by atoms with van der Waals surface area (Å²) in [5.74, 6) is -0.635. The van der Waals surface area contributed by atoms with Crippen molar-refractivity contribution in [2.45, 2.75) is 97.3 Å². The molecule has 0 spiro atoms. The molecule has 0 aliphatic carbocycles. The van der Waals surface area contributed by atoms with Crippen LogP contribution in [0.5, 0.6) is 0 Å². The minimum Gasteiger partial charge on any atom is -0.465 e. The predicted octanol–water partition coefficient (Wildman–Crippen LogP) is 9.11. The number of ether oxygens (including phenoxy) is 2. The van der Waals surface area contributed by atoms with Crippen LogP contribution in [-0.2, 0) is 20.4 Å². The zero-order chi connectivity index (χ0) is 42.7. The molecule has 4 aromatic rings. The number of alkyl carbamates (subject to hydrolysis) is 1. The van der Waals surface area contributed by atoms with Crippen molar-refractivity contribution in [1.29, 1.82) is 0 Å². The lowest BCUT2D eigenvalue weighted by Gasteiger charge is -2.48. The van der Waals surface area contributed by atoms with Crippen molar-refractivity contribution in [1.82, 2.24) is 15.3 Å². The highest BCUT2D eigenvalue weighted by molar-refractivity contribution is 6.74. The Balaban J connectivity index is 1.37. The van der Waals surface area contributed by atoms with Gasteiger partial charge in [0.25, 0.3) is 5.91 Å². The van der Waals surface area contributed by atoms with Gasteiger partial charge in [0.15, 0.2) is 14.0 Å². The summed E-state index contributed by atoms with van der Waals surface area (Å²) in [7, 11) is -2.27. The Morgan fingerprint density at radius 2 is 1.76 bits per heavy atom. The van der Waals surface area contributed by atoms with Crippen molar-refractivity contribution in [2.75, 3.05) is 41.4 Å². The van der Waals surface area contributed by atoms with E-state index in [1.165, 1.54) is 0 Å². The fourth-order valence-electron chi connectivity index (χ4n) is 7.24. The van der Waals surface area contributed by atoms with Gasteiger partial charge in [-0.05, 0) is 80.2 Å². The molecule has 13 nitrogen and oxygen atoms in total. The molecule has 2 aromatic heterocycles. The van der Waals surface area contributed by atoms with Gasteiger partial charge < -0.3 is 34.5 Å². The number of carbonyl (C=O) groups is 3. The minimum absolute atomic E-state index is 0.00255. The van der Waals surface area contributed by atoms with E-state index in [9.17, 15) is 19.5 Å². The number of aromatic nitrogens is 2. The third-order valence-electron chi connectivity index (χ3n) is 11.3. The minimum atomic E-state index is -2.27. The number of hydrogen-bond acceptors (Lipinski definition) is 9. The molecule has 14 heteroatoms. The van der Waals surface area contributed by atoms with E-state index >= 15 is 0 Å². The molecule has 3 amide bonds. The molecule has 0 saturated carbocycles. The lowest BCUT2D eigenvalue weighted by molar-refractivity contribution is 0.0336. The molecular weight excluding hydrogens is 765 g/mol. The molecule has 2 aliphatic heterocycles. The van der Waals surface area contributed by atoms with Crippen molar-refractivity contribution in [3.05, 3.63) is 96.0 Å². The van der Waals surface area contributed by atoms with Gasteiger partial charge in [0.05, 0.1) is 60.7 Å². The van der Waals surface area contributed by atoms with Crippen LogP contribution < -0.4 is 20.4 Å². The second-order valence-electron chi connectivity index (χ2n) is 18.0. The second-order valence-corrected chi connectivity index (χ2v) is 22.8. The molecule has 2 aromatic carbocycles. The highest BCUT2D eigenvalue weighted by Crippen LogP contribution is 2.40. The van der Waals surface area contributed by atoms with Crippen molar-refractivity contribution < 1.29 is 33.4 Å². The maximum atomic E-state index is 14.6. The smallest absolute Gasteiger partial charge is 0.412 e. The number of carbonyl (C=O) groups excluding carboxylic acids is 2. The van der Waals surface area contributed by atoms with Gasteiger partial charge in [-0.2, -0.15) is 0 Å². The highest BCUT2D eigenvalue weighted by Gasteiger charge is 2.45. The summed E-state index contributed by atoms with van der Waals surface area (Å²) in [6.45, 7) is 20.6. The normalized spacial score (nSPS) is 18.8. The lowest BCUT2D eigenvalue weighted by Crippen LogP contribution is -2.63. The van der Waals surface area contributed by atoms with Gasteiger partial charge in [0.1, 0.15) is 5.60 Å². The monoisotopic (exact) mass is 822 g/mol. The molecule has 1 saturated heterocycles. The summed E-state index contributed by atoms with van der Waals surface area (Å²) < 4.78 is 18.2. The molecular formula is C45H58N6O7Si. The maximum Gasteiger partial charge on any atom is 0.412 e. The van der Waals surface area contributed by atoms with Gasteiger partial charge in [0, 0.05) is 30.6 Å². The van der Waals surface area contributed by atoms with Crippen molar-refractivity contribution in [2.24, 2.45) is 5.92 Å². The van der Waals surface area contributed by atoms with E-state index in [2.05, 4.69) is 61.3 Å². The molecule has 314 valence electrons. The molecule has 3 atom stereocenters. The zero-order valence-electron chi connectivity index (χ0n) is 35.7. The van der Waals surface area contributed by atoms with Crippen molar-refractivity contribution in [3.8, 4) is 0 Å². The fraction of sp³-hybridized carbons (Fsp3) is 0.444. The van der Waals surface area contributed by atoms with Gasteiger partial charge in [-0.3, -0.25) is 14.7 Å². The molecule has 4 heterocycles.